The highest BCUT2D eigenvalue weighted by atomic mass is 16.5. The van der Waals surface area contributed by atoms with Gasteiger partial charge in [-0.3, -0.25) is 4.90 Å². The topological polar surface area (TPSA) is 24.5 Å². The van der Waals surface area contributed by atoms with Gasteiger partial charge >= 0.3 is 0 Å². The maximum Gasteiger partial charge on any atom is 0.0472 e. The first-order valence-corrected chi connectivity index (χ1v) is 8.56. The molecule has 0 atom stereocenters. The first kappa shape index (κ1) is 16.3. The highest BCUT2D eigenvalue weighted by Gasteiger charge is 2.38. The molecule has 0 bridgehead atoms. The summed E-state index contributed by atoms with van der Waals surface area (Å²) in [4.78, 5) is 2.78. The summed E-state index contributed by atoms with van der Waals surface area (Å²) in [5.74, 6) is 0.769. The smallest absolute Gasteiger partial charge is 0.0472 e. The Morgan fingerprint density at radius 3 is 2.30 bits per heavy atom. The molecule has 1 aliphatic heterocycles. The maximum atomic E-state index is 5.62. The van der Waals surface area contributed by atoms with Crippen LogP contribution in [-0.4, -0.2) is 49.8 Å². The number of rotatable bonds is 8. The summed E-state index contributed by atoms with van der Waals surface area (Å²) in [6, 6.07) is 1.45. The van der Waals surface area contributed by atoms with Crippen LogP contribution in [0.15, 0.2) is 0 Å². The molecule has 3 nitrogen and oxygen atoms in total. The number of nitrogens with one attached hydrogen (secondary N) is 1. The van der Waals surface area contributed by atoms with Gasteiger partial charge in [0.15, 0.2) is 0 Å². The number of nitrogens with zero attached hydrogens (tertiary/aromatic N) is 1. The quantitative estimate of drug-likeness (QED) is 0.741. The summed E-state index contributed by atoms with van der Waals surface area (Å²) in [6.07, 6.45) is 5.26. The number of ether oxygens (including phenoxy) is 1. The second-order valence-electron chi connectivity index (χ2n) is 7.70. The predicted molar refractivity (Wildman–Crippen MR) is 85.1 cm³/mol. The van der Waals surface area contributed by atoms with Crippen molar-refractivity contribution in [3.05, 3.63) is 0 Å². The Morgan fingerprint density at radius 2 is 1.80 bits per heavy atom. The Bertz CT molecular complexity index is 281. The summed E-state index contributed by atoms with van der Waals surface area (Å²) in [5.41, 5.74) is 0.431. The Labute approximate surface area is 125 Å². The lowest BCUT2D eigenvalue weighted by molar-refractivity contribution is -0.00842. The van der Waals surface area contributed by atoms with Crippen molar-refractivity contribution in [1.82, 2.24) is 10.2 Å². The highest BCUT2D eigenvalue weighted by molar-refractivity contribution is 4.93. The van der Waals surface area contributed by atoms with Crippen molar-refractivity contribution in [2.75, 3.05) is 32.8 Å². The monoisotopic (exact) mass is 282 g/mol. The van der Waals surface area contributed by atoms with Crippen molar-refractivity contribution in [2.45, 2.75) is 65.5 Å². The number of hydrogen-bond acceptors (Lipinski definition) is 3. The van der Waals surface area contributed by atoms with Crippen molar-refractivity contribution >= 4 is 0 Å². The van der Waals surface area contributed by atoms with Crippen LogP contribution in [0.2, 0.25) is 0 Å². The van der Waals surface area contributed by atoms with Crippen molar-refractivity contribution < 1.29 is 4.74 Å². The molecule has 1 N–H and O–H groups in total. The Morgan fingerprint density at radius 1 is 1.15 bits per heavy atom. The van der Waals surface area contributed by atoms with Crippen LogP contribution in [0, 0.1) is 11.3 Å². The molecule has 1 heterocycles. The second kappa shape index (κ2) is 7.24. The zero-order chi connectivity index (χ0) is 14.6. The normalized spacial score (nSPS) is 22.9. The van der Waals surface area contributed by atoms with Gasteiger partial charge in [0.25, 0.3) is 0 Å². The molecule has 1 aliphatic carbocycles. The van der Waals surface area contributed by atoms with Gasteiger partial charge in [0.2, 0.25) is 0 Å². The molecule has 0 unspecified atom stereocenters. The molecule has 1 saturated heterocycles. The lowest BCUT2D eigenvalue weighted by atomic mass is 9.79. The SMILES string of the molecule is CC(C)CN(CC1(CNC(C)C)CCOCC1)C1CC1. The van der Waals surface area contributed by atoms with E-state index >= 15 is 0 Å². The van der Waals surface area contributed by atoms with Crippen LogP contribution < -0.4 is 5.32 Å². The van der Waals surface area contributed by atoms with Crippen LogP contribution in [0.4, 0.5) is 0 Å². The van der Waals surface area contributed by atoms with Crippen LogP contribution in [0.3, 0.4) is 0 Å². The molecule has 0 radical (unpaired) electrons. The fourth-order valence-electron chi connectivity index (χ4n) is 3.30. The van der Waals surface area contributed by atoms with E-state index in [0.717, 1.165) is 31.7 Å². The molecule has 2 fully saturated rings. The van der Waals surface area contributed by atoms with Gasteiger partial charge in [-0.05, 0) is 37.0 Å². The molecule has 0 aromatic carbocycles. The molecule has 0 amide bonds. The number of hydrogen-bond donors (Lipinski definition) is 1. The maximum absolute atomic E-state index is 5.62. The summed E-state index contributed by atoms with van der Waals surface area (Å²) in [5, 5.41) is 3.69. The summed E-state index contributed by atoms with van der Waals surface area (Å²) in [6.45, 7) is 14.7. The minimum atomic E-state index is 0.431. The largest absolute Gasteiger partial charge is 0.381 e. The zero-order valence-corrected chi connectivity index (χ0v) is 14.0. The van der Waals surface area contributed by atoms with E-state index < -0.39 is 0 Å². The van der Waals surface area contributed by atoms with Crippen LogP contribution in [-0.2, 0) is 4.74 Å². The molecule has 0 aromatic heterocycles. The van der Waals surface area contributed by atoms with E-state index in [4.69, 9.17) is 4.74 Å². The summed E-state index contributed by atoms with van der Waals surface area (Å²) < 4.78 is 5.62. The summed E-state index contributed by atoms with van der Waals surface area (Å²) >= 11 is 0. The van der Waals surface area contributed by atoms with Crippen molar-refractivity contribution in [3.8, 4) is 0 Å². The van der Waals surface area contributed by atoms with Crippen LogP contribution in [0.25, 0.3) is 0 Å². The standard InChI is InChI=1S/C17H34N2O/c1-14(2)11-19(16-5-6-16)13-17(12-18-15(3)4)7-9-20-10-8-17/h14-16,18H,5-13H2,1-4H3. The van der Waals surface area contributed by atoms with E-state index in [1.807, 2.05) is 0 Å². The average Bonchev–Trinajstić information content (AvgIpc) is 3.21. The molecular weight excluding hydrogens is 248 g/mol. The molecule has 1 saturated carbocycles. The molecule has 20 heavy (non-hydrogen) atoms. The lowest BCUT2D eigenvalue weighted by Gasteiger charge is -2.42. The molecule has 118 valence electrons. The minimum absolute atomic E-state index is 0.431. The highest BCUT2D eigenvalue weighted by Crippen LogP contribution is 2.36. The minimum Gasteiger partial charge on any atom is -0.381 e. The molecular formula is C17H34N2O. The molecule has 0 spiro atoms. The molecule has 2 rings (SSSR count). The van der Waals surface area contributed by atoms with Crippen molar-refractivity contribution in [3.63, 3.8) is 0 Å². The Balaban J connectivity index is 1.97. The van der Waals surface area contributed by atoms with Crippen LogP contribution in [0.5, 0.6) is 0 Å². The lowest BCUT2D eigenvalue weighted by Crippen LogP contribution is -2.49. The third-order valence-corrected chi connectivity index (χ3v) is 4.64. The fourth-order valence-corrected chi connectivity index (χ4v) is 3.30. The van der Waals surface area contributed by atoms with Crippen LogP contribution >= 0.6 is 0 Å². The third-order valence-electron chi connectivity index (χ3n) is 4.64. The first-order chi connectivity index (χ1) is 9.51. The van der Waals surface area contributed by atoms with Gasteiger partial charge in [0.1, 0.15) is 0 Å². The molecule has 3 heteroatoms. The van der Waals surface area contributed by atoms with Gasteiger partial charge in [-0.2, -0.15) is 0 Å². The van der Waals surface area contributed by atoms with Crippen molar-refractivity contribution in [2.24, 2.45) is 11.3 Å². The fraction of sp³-hybridized carbons (Fsp3) is 1.00. The van der Waals surface area contributed by atoms with Gasteiger partial charge in [0.05, 0.1) is 0 Å². The second-order valence-corrected chi connectivity index (χ2v) is 7.70. The third kappa shape index (κ3) is 5.01. The van der Waals surface area contributed by atoms with Gasteiger partial charge in [-0.1, -0.05) is 27.7 Å². The average molecular weight is 282 g/mol. The van der Waals surface area contributed by atoms with Gasteiger partial charge in [-0.25, -0.2) is 0 Å². The van der Waals surface area contributed by atoms with Crippen LogP contribution in [0.1, 0.15) is 53.4 Å². The first-order valence-electron chi connectivity index (χ1n) is 8.56. The van der Waals surface area contributed by atoms with E-state index in [9.17, 15) is 0 Å². The van der Waals surface area contributed by atoms with E-state index in [1.165, 1.54) is 38.8 Å². The Hall–Kier alpha value is -0.120. The molecule has 0 aromatic rings. The van der Waals surface area contributed by atoms with E-state index in [2.05, 4.69) is 37.9 Å². The molecule has 2 aliphatic rings. The zero-order valence-electron chi connectivity index (χ0n) is 14.0. The van der Waals surface area contributed by atoms with E-state index in [1.54, 1.807) is 0 Å². The van der Waals surface area contributed by atoms with E-state index in [-0.39, 0.29) is 0 Å². The predicted octanol–water partition coefficient (Wildman–Crippen LogP) is 2.90. The van der Waals surface area contributed by atoms with Gasteiger partial charge in [-0.15, -0.1) is 0 Å². The van der Waals surface area contributed by atoms with Gasteiger partial charge < -0.3 is 10.1 Å². The summed E-state index contributed by atoms with van der Waals surface area (Å²) in [7, 11) is 0. The van der Waals surface area contributed by atoms with Gasteiger partial charge in [0, 0.05) is 44.9 Å². The van der Waals surface area contributed by atoms with Crippen molar-refractivity contribution in [1.29, 1.82) is 0 Å². The van der Waals surface area contributed by atoms with E-state index in [0.29, 0.717) is 11.5 Å². The Kier molecular flexibility index (Phi) is 5.88.